The summed E-state index contributed by atoms with van der Waals surface area (Å²) in [5.74, 6) is 1.24. The van der Waals surface area contributed by atoms with Gasteiger partial charge in [0.15, 0.2) is 0 Å². The van der Waals surface area contributed by atoms with Gasteiger partial charge in [-0.25, -0.2) is 4.98 Å². The van der Waals surface area contributed by atoms with Gasteiger partial charge < -0.3 is 4.90 Å². The Morgan fingerprint density at radius 1 is 1.05 bits per heavy atom. The monoisotopic (exact) mass is 288 g/mol. The second-order valence-electron chi connectivity index (χ2n) is 6.63. The molecule has 0 aliphatic carbocycles. The number of nitrogens with zero attached hydrogens (tertiary/aromatic N) is 2. The average Bonchev–Trinajstić information content (AvgIpc) is 2.84. The molecule has 0 saturated heterocycles. The molecule has 118 valence electrons. The topological polar surface area (TPSA) is 16.1 Å². The molecule has 0 atom stereocenters. The second-order valence-corrected chi connectivity index (χ2v) is 6.63. The molecule has 2 heterocycles. The van der Waals surface area contributed by atoms with Crippen molar-refractivity contribution in [2.45, 2.75) is 78.1 Å². The van der Waals surface area contributed by atoms with Crippen molar-refractivity contribution in [3.8, 4) is 0 Å². The number of aryl methyl sites for hydroxylation is 2. The van der Waals surface area contributed by atoms with Gasteiger partial charge in [-0.05, 0) is 43.4 Å². The predicted octanol–water partition coefficient (Wildman–Crippen LogP) is 5.07. The Hall–Kier alpha value is -1.05. The highest BCUT2D eigenvalue weighted by Gasteiger charge is 2.19. The summed E-state index contributed by atoms with van der Waals surface area (Å²) in [5.41, 5.74) is 4.21. The number of hydrogen-bond acceptors (Lipinski definition) is 2. The first-order valence-corrected chi connectivity index (χ1v) is 8.93. The molecular formula is C19H32N2. The zero-order valence-corrected chi connectivity index (χ0v) is 14.2. The molecule has 0 radical (unpaired) electrons. The van der Waals surface area contributed by atoms with Gasteiger partial charge in [-0.2, -0.15) is 0 Å². The summed E-state index contributed by atoms with van der Waals surface area (Å²) >= 11 is 0. The van der Waals surface area contributed by atoms with E-state index in [2.05, 4.69) is 31.9 Å². The van der Waals surface area contributed by atoms with Crippen molar-refractivity contribution >= 4 is 5.82 Å². The Morgan fingerprint density at radius 3 is 2.43 bits per heavy atom. The number of aromatic nitrogens is 1. The SMILES string of the molecule is CCCCCCCCCCc1cc(C)c2c(n1)N(C)CC2. The summed E-state index contributed by atoms with van der Waals surface area (Å²) < 4.78 is 0. The van der Waals surface area contributed by atoms with Gasteiger partial charge in [0.2, 0.25) is 0 Å². The first kappa shape index (κ1) is 16.3. The standard InChI is InChI=1S/C19H32N2/c1-4-5-6-7-8-9-10-11-12-17-15-16(2)18-13-14-21(3)19(18)20-17/h15H,4-14H2,1-3H3. The summed E-state index contributed by atoms with van der Waals surface area (Å²) in [7, 11) is 2.17. The summed E-state index contributed by atoms with van der Waals surface area (Å²) in [6, 6.07) is 2.32. The van der Waals surface area contributed by atoms with Crippen molar-refractivity contribution in [3.63, 3.8) is 0 Å². The third-order valence-corrected chi connectivity index (χ3v) is 4.72. The van der Waals surface area contributed by atoms with Crippen molar-refractivity contribution in [2.75, 3.05) is 18.5 Å². The van der Waals surface area contributed by atoms with Crippen LogP contribution in [-0.2, 0) is 12.8 Å². The fraction of sp³-hybridized carbons (Fsp3) is 0.737. The maximum Gasteiger partial charge on any atom is 0.132 e. The molecule has 0 fully saturated rings. The average molecular weight is 288 g/mol. The Morgan fingerprint density at radius 2 is 1.71 bits per heavy atom. The normalized spacial score (nSPS) is 13.8. The fourth-order valence-corrected chi connectivity index (χ4v) is 3.33. The zero-order chi connectivity index (χ0) is 15.1. The lowest BCUT2D eigenvalue weighted by atomic mass is 10.0. The maximum atomic E-state index is 4.88. The van der Waals surface area contributed by atoms with Gasteiger partial charge in [0.25, 0.3) is 0 Å². The second kappa shape index (κ2) is 8.41. The number of pyridine rings is 1. The van der Waals surface area contributed by atoms with Crippen molar-refractivity contribution in [2.24, 2.45) is 0 Å². The van der Waals surface area contributed by atoms with Gasteiger partial charge in [-0.15, -0.1) is 0 Å². The largest absolute Gasteiger partial charge is 0.359 e. The molecule has 0 bridgehead atoms. The van der Waals surface area contributed by atoms with Crippen LogP contribution in [0, 0.1) is 6.92 Å². The number of rotatable bonds is 9. The first-order valence-electron chi connectivity index (χ1n) is 8.93. The van der Waals surface area contributed by atoms with Crippen LogP contribution in [0.25, 0.3) is 0 Å². The molecular weight excluding hydrogens is 256 g/mol. The van der Waals surface area contributed by atoms with E-state index in [9.17, 15) is 0 Å². The molecule has 0 saturated carbocycles. The molecule has 1 aromatic rings. The van der Waals surface area contributed by atoms with E-state index >= 15 is 0 Å². The molecule has 1 aliphatic rings. The van der Waals surface area contributed by atoms with Crippen molar-refractivity contribution in [3.05, 3.63) is 22.9 Å². The Labute approximate surface area is 131 Å². The Bertz CT molecular complexity index is 439. The molecule has 2 nitrogen and oxygen atoms in total. The van der Waals surface area contributed by atoms with Crippen LogP contribution >= 0.6 is 0 Å². The van der Waals surface area contributed by atoms with Crippen LogP contribution in [0.5, 0.6) is 0 Å². The molecule has 1 aromatic heterocycles. The summed E-state index contributed by atoms with van der Waals surface area (Å²) in [6.45, 7) is 5.66. The molecule has 0 amide bonds. The van der Waals surface area contributed by atoms with Gasteiger partial charge in [0.05, 0.1) is 0 Å². The minimum absolute atomic E-state index is 1.13. The van der Waals surface area contributed by atoms with Crippen LogP contribution in [0.4, 0.5) is 5.82 Å². The zero-order valence-electron chi connectivity index (χ0n) is 14.2. The number of fused-ring (bicyclic) bond motifs is 1. The Kier molecular flexibility index (Phi) is 6.53. The summed E-state index contributed by atoms with van der Waals surface area (Å²) in [5, 5.41) is 0. The lowest BCUT2D eigenvalue weighted by Gasteiger charge is -2.13. The van der Waals surface area contributed by atoms with E-state index in [0.717, 1.165) is 13.0 Å². The third kappa shape index (κ3) is 4.72. The molecule has 0 aromatic carbocycles. The lowest BCUT2D eigenvalue weighted by molar-refractivity contribution is 0.574. The van der Waals surface area contributed by atoms with Crippen LogP contribution in [0.2, 0.25) is 0 Å². The van der Waals surface area contributed by atoms with E-state index in [-0.39, 0.29) is 0 Å². The molecule has 0 unspecified atom stereocenters. The molecule has 0 N–H and O–H groups in total. The highest BCUT2D eigenvalue weighted by Crippen LogP contribution is 2.28. The number of hydrogen-bond donors (Lipinski definition) is 0. The van der Waals surface area contributed by atoms with E-state index in [1.165, 1.54) is 80.4 Å². The van der Waals surface area contributed by atoms with Gasteiger partial charge in [0.1, 0.15) is 5.82 Å². The number of anilines is 1. The predicted molar refractivity (Wildman–Crippen MR) is 92.3 cm³/mol. The van der Waals surface area contributed by atoms with E-state index in [0.29, 0.717) is 0 Å². The molecule has 0 spiro atoms. The molecule has 2 heteroatoms. The maximum absolute atomic E-state index is 4.88. The molecule has 21 heavy (non-hydrogen) atoms. The number of unbranched alkanes of at least 4 members (excludes halogenated alkanes) is 7. The van der Waals surface area contributed by atoms with Crippen LogP contribution < -0.4 is 4.90 Å². The third-order valence-electron chi connectivity index (χ3n) is 4.72. The minimum Gasteiger partial charge on any atom is -0.359 e. The van der Waals surface area contributed by atoms with Crippen molar-refractivity contribution in [1.82, 2.24) is 4.98 Å². The van der Waals surface area contributed by atoms with Crippen LogP contribution in [0.1, 0.15) is 75.1 Å². The summed E-state index contributed by atoms with van der Waals surface area (Å²) in [4.78, 5) is 7.18. The first-order chi connectivity index (χ1) is 10.2. The van der Waals surface area contributed by atoms with Crippen LogP contribution in [-0.4, -0.2) is 18.6 Å². The van der Waals surface area contributed by atoms with E-state index in [4.69, 9.17) is 4.98 Å². The number of likely N-dealkylation sites (N-methyl/N-ethyl adjacent to an activating group) is 1. The van der Waals surface area contributed by atoms with E-state index in [1.807, 2.05) is 0 Å². The van der Waals surface area contributed by atoms with Gasteiger partial charge in [-0.3, -0.25) is 0 Å². The highest BCUT2D eigenvalue weighted by molar-refractivity contribution is 5.55. The summed E-state index contributed by atoms with van der Waals surface area (Å²) in [6.07, 6.45) is 13.4. The van der Waals surface area contributed by atoms with Gasteiger partial charge in [0, 0.05) is 19.3 Å². The molecule has 2 rings (SSSR count). The van der Waals surface area contributed by atoms with E-state index < -0.39 is 0 Å². The van der Waals surface area contributed by atoms with Crippen molar-refractivity contribution in [1.29, 1.82) is 0 Å². The lowest BCUT2D eigenvalue weighted by Crippen LogP contribution is -2.14. The Balaban J connectivity index is 1.70. The fourth-order valence-electron chi connectivity index (χ4n) is 3.33. The molecule has 1 aliphatic heterocycles. The quantitative estimate of drug-likeness (QED) is 0.590. The minimum atomic E-state index is 1.13. The van der Waals surface area contributed by atoms with Gasteiger partial charge >= 0.3 is 0 Å². The van der Waals surface area contributed by atoms with E-state index in [1.54, 1.807) is 0 Å². The van der Waals surface area contributed by atoms with Crippen LogP contribution in [0.15, 0.2) is 6.07 Å². The smallest absolute Gasteiger partial charge is 0.132 e. The van der Waals surface area contributed by atoms with Crippen molar-refractivity contribution < 1.29 is 0 Å². The van der Waals surface area contributed by atoms with Gasteiger partial charge in [-0.1, -0.05) is 51.9 Å². The highest BCUT2D eigenvalue weighted by atomic mass is 15.2. The van der Waals surface area contributed by atoms with Crippen LogP contribution in [0.3, 0.4) is 0 Å².